The number of hydrazone groups is 1. The molecule has 0 aliphatic rings. The second kappa shape index (κ2) is 8.87. The van der Waals surface area contributed by atoms with E-state index < -0.39 is 22.5 Å². The molecule has 0 radical (unpaired) electrons. The average molecular weight is 456 g/mol. The number of benzene rings is 2. The molecule has 0 aliphatic heterocycles. The van der Waals surface area contributed by atoms with Gasteiger partial charge in [0, 0.05) is 10.0 Å². The van der Waals surface area contributed by atoms with Crippen molar-refractivity contribution in [3.8, 4) is 11.5 Å². The number of amides is 1. The van der Waals surface area contributed by atoms with E-state index in [1.54, 1.807) is 42.5 Å². The zero-order valence-corrected chi connectivity index (χ0v) is 17.0. The lowest BCUT2D eigenvalue weighted by molar-refractivity contribution is -0.119. The minimum absolute atomic E-state index is 0.120. The summed E-state index contributed by atoms with van der Waals surface area (Å²) in [5.74, 6) is -0.493. The summed E-state index contributed by atoms with van der Waals surface area (Å²) in [5, 5.41) is 13.7. The van der Waals surface area contributed by atoms with Crippen molar-refractivity contribution in [2.24, 2.45) is 5.10 Å². The predicted molar refractivity (Wildman–Crippen MR) is 107 cm³/mol. The Hall–Kier alpha value is -2.59. The molecule has 0 atom stereocenters. The highest BCUT2D eigenvalue weighted by atomic mass is 79.9. The number of para-hydroxylation sites is 1. The number of hydrogen-bond acceptors (Lipinski definition) is 6. The Morgan fingerprint density at radius 2 is 2.04 bits per heavy atom. The molecule has 10 heteroatoms. The fourth-order valence-corrected chi connectivity index (χ4v) is 3.41. The number of ether oxygens (including phenoxy) is 1. The minimum Gasteiger partial charge on any atom is -0.504 e. The molecule has 0 spiro atoms. The van der Waals surface area contributed by atoms with E-state index in [4.69, 9.17) is 4.74 Å². The molecule has 1 amide bonds. The Bertz CT molecular complexity index is 963. The summed E-state index contributed by atoms with van der Waals surface area (Å²) >= 11 is 3.27. The van der Waals surface area contributed by atoms with Crippen molar-refractivity contribution in [1.82, 2.24) is 5.43 Å². The smallest absolute Gasteiger partial charge is 0.260 e. The second-order valence-corrected chi connectivity index (χ2v) is 8.26. The molecule has 0 aliphatic carbocycles. The number of carbonyl (C=O) groups is 1. The molecule has 0 bridgehead atoms. The summed E-state index contributed by atoms with van der Waals surface area (Å²) in [5.41, 5.74) is 2.92. The van der Waals surface area contributed by atoms with E-state index in [9.17, 15) is 18.3 Å². The van der Waals surface area contributed by atoms with Crippen molar-refractivity contribution in [1.29, 1.82) is 0 Å². The first kappa shape index (κ1) is 20.7. The summed E-state index contributed by atoms with van der Waals surface area (Å²) in [7, 11) is -2.26. The van der Waals surface area contributed by atoms with Crippen LogP contribution in [-0.4, -0.2) is 45.6 Å². The van der Waals surface area contributed by atoms with E-state index in [0.29, 0.717) is 15.7 Å². The highest BCUT2D eigenvalue weighted by molar-refractivity contribution is 9.10. The monoisotopic (exact) mass is 455 g/mol. The Labute approximate surface area is 165 Å². The first-order valence-corrected chi connectivity index (χ1v) is 10.3. The van der Waals surface area contributed by atoms with E-state index >= 15 is 0 Å². The quantitative estimate of drug-likeness (QED) is 0.490. The van der Waals surface area contributed by atoms with Gasteiger partial charge in [-0.2, -0.15) is 5.10 Å². The van der Waals surface area contributed by atoms with E-state index in [2.05, 4.69) is 26.5 Å². The van der Waals surface area contributed by atoms with Crippen molar-refractivity contribution >= 4 is 43.8 Å². The van der Waals surface area contributed by atoms with Crippen LogP contribution in [-0.2, 0) is 14.8 Å². The summed E-state index contributed by atoms with van der Waals surface area (Å²) in [4.78, 5) is 12.1. The van der Waals surface area contributed by atoms with Gasteiger partial charge in [-0.25, -0.2) is 13.8 Å². The molecule has 2 rings (SSSR count). The SMILES string of the molecule is COc1cccc(/C=N\NC(=O)CN(c2cccc(Br)c2)S(C)(=O)=O)c1O. The van der Waals surface area contributed by atoms with Crippen LogP contribution in [0, 0.1) is 0 Å². The Morgan fingerprint density at radius 3 is 2.67 bits per heavy atom. The van der Waals surface area contributed by atoms with Gasteiger partial charge >= 0.3 is 0 Å². The highest BCUT2D eigenvalue weighted by Crippen LogP contribution is 2.28. The van der Waals surface area contributed by atoms with Crippen LogP contribution in [0.5, 0.6) is 11.5 Å². The van der Waals surface area contributed by atoms with Crippen molar-refractivity contribution in [2.45, 2.75) is 0 Å². The van der Waals surface area contributed by atoms with E-state index in [0.717, 1.165) is 10.6 Å². The number of phenolic OH excluding ortho intramolecular Hbond substituents is 1. The number of sulfonamides is 1. The van der Waals surface area contributed by atoms with Gasteiger partial charge in [0.25, 0.3) is 5.91 Å². The van der Waals surface area contributed by atoms with Crippen LogP contribution in [0.15, 0.2) is 52.0 Å². The lowest BCUT2D eigenvalue weighted by atomic mass is 10.2. The Kier molecular flexibility index (Phi) is 6.81. The Morgan fingerprint density at radius 1 is 1.33 bits per heavy atom. The molecule has 8 nitrogen and oxygen atoms in total. The number of anilines is 1. The van der Waals surface area contributed by atoms with Gasteiger partial charge in [0.15, 0.2) is 11.5 Å². The topological polar surface area (TPSA) is 108 Å². The van der Waals surface area contributed by atoms with Crippen LogP contribution in [0.25, 0.3) is 0 Å². The fraction of sp³-hybridized carbons (Fsp3) is 0.176. The third kappa shape index (κ3) is 5.69. The normalized spacial score (nSPS) is 11.4. The number of halogens is 1. The van der Waals surface area contributed by atoms with Gasteiger partial charge < -0.3 is 9.84 Å². The van der Waals surface area contributed by atoms with Gasteiger partial charge in [-0.05, 0) is 30.3 Å². The fourth-order valence-electron chi connectivity index (χ4n) is 2.18. The molecule has 0 fully saturated rings. The van der Waals surface area contributed by atoms with Gasteiger partial charge in [0.1, 0.15) is 6.54 Å². The number of phenols is 1. The average Bonchev–Trinajstić information content (AvgIpc) is 2.60. The number of hydrogen-bond donors (Lipinski definition) is 2. The molecule has 144 valence electrons. The molecule has 27 heavy (non-hydrogen) atoms. The third-order valence-corrected chi connectivity index (χ3v) is 5.06. The number of nitrogens with one attached hydrogen (secondary N) is 1. The first-order chi connectivity index (χ1) is 12.7. The lowest BCUT2D eigenvalue weighted by Crippen LogP contribution is -2.39. The molecule has 2 N–H and O–H groups in total. The molecule has 2 aromatic rings. The molecule has 0 saturated heterocycles. The number of rotatable bonds is 7. The van der Waals surface area contributed by atoms with Crippen LogP contribution in [0.4, 0.5) is 5.69 Å². The molecular formula is C17H18BrN3O5S. The van der Waals surface area contributed by atoms with Gasteiger partial charge in [-0.15, -0.1) is 0 Å². The second-order valence-electron chi connectivity index (χ2n) is 5.44. The lowest BCUT2D eigenvalue weighted by Gasteiger charge is -2.21. The zero-order chi connectivity index (χ0) is 20.0. The van der Waals surface area contributed by atoms with Crippen LogP contribution in [0.1, 0.15) is 5.56 Å². The Balaban J connectivity index is 2.11. The van der Waals surface area contributed by atoms with E-state index in [1.807, 2.05) is 0 Å². The summed E-state index contributed by atoms with van der Waals surface area (Å²) in [6, 6.07) is 11.4. The van der Waals surface area contributed by atoms with Gasteiger partial charge in [0.05, 0.1) is 25.3 Å². The molecule has 0 heterocycles. The molecule has 2 aromatic carbocycles. The van der Waals surface area contributed by atoms with Crippen LogP contribution in [0.2, 0.25) is 0 Å². The van der Waals surface area contributed by atoms with Gasteiger partial charge in [-0.1, -0.05) is 28.1 Å². The molecular weight excluding hydrogens is 438 g/mol. The molecule has 0 unspecified atom stereocenters. The standard InChI is InChI=1S/C17H18BrN3O5S/c1-26-15-8-3-5-12(17(15)23)10-19-20-16(22)11-21(27(2,24)25)14-7-4-6-13(18)9-14/h3-10,23H,11H2,1-2H3,(H,20,22)/b19-10-. The van der Waals surface area contributed by atoms with Crippen LogP contribution < -0.4 is 14.5 Å². The maximum atomic E-state index is 12.1. The number of methoxy groups -OCH3 is 1. The van der Waals surface area contributed by atoms with Gasteiger partial charge in [0.2, 0.25) is 10.0 Å². The third-order valence-electron chi connectivity index (χ3n) is 3.43. The highest BCUT2D eigenvalue weighted by Gasteiger charge is 2.20. The molecule has 0 aromatic heterocycles. The first-order valence-electron chi connectivity index (χ1n) is 7.63. The maximum Gasteiger partial charge on any atom is 0.260 e. The summed E-state index contributed by atoms with van der Waals surface area (Å²) in [6.45, 7) is -0.448. The van der Waals surface area contributed by atoms with Gasteiger partial charge in [-0.3, -0.25) is 9.10 Å². The van der Waals surface area contributed by atoms with E-state index in [-0.39, 0.29) is 11.5 Å². The summed E-state index contributed by atoms with van der Waals surface area (Å²) in [6.07, 6.45) is 2.25. The number of nitrogens with zero attached hydrogens (tertiary/aromatic N) is 2. The van der Waals surface area contributed by atoms with Crippen LogP contribution >= 0.6 is 15.9 Å². The summed E-state index contributed by atoms with van der Waals surface area (Å²) < 4.78 is 30.7. The van der Waals surface area contributed by atoms with Crippen LogP contribution in [0.3, 0.4) is 0 Å². The number of carbonyl (C=O) groups excluding carboxylic acids is 1. The number of aromatic hydroxyl groups is 1. The maximum absolute atomic E-state index is 12.1. The predicted octanol–water partition coefficient (Wildman–Crippen LogP) is 2.08. The molecule has 0 saturated carbocycles. The van der Waals surface area contributed by atoms with E-state index in [1.165, 1.54) is 13.3 Å². The van der Waals surface area contributed by atoms with Crippen molar-refractivity contribution in [2.75, 3.05) is 24.2 Å². The van der Waals surface area contributed by atoms with Crippen molar-refractivity contribution in [3.63, 3.8) is 0 Å². The zero-order valence-electron chi connectivity index (χ0n) is 14.6. The van der Waals surface area contributed by atoms with Crippen molar-refractivity contribution < 1.29 is 23.1 Å². The minimum atomic E-state index is -3.68. The largest absolute Gasteiger partial charge is 0.504 e. The van der Waals surface area contributed by atoms with Crippen molar-refractivity contribution in [3.05, 3.63) is 52.5 Å².